The van der Waals surface area contributed by atoms with Gasteiger partial charge in [-0.2, -0.15) is 13.2 Å². The summed E-state index contributed by atoms with van der Waals surface area (Å²) < 4.78 is 38.9. The number of carboxylic acid groups (broad SMARTS) is 1. The van der Waals surface area contributed by atoms with Crippen LogP contribution in [0.5, 0.6) is 0 Å². The summed E-state index contributed by atoms with van der Waals surface area (Å²) in [6, 6.07) is 10.3. The normalized spacial score (nSPS) is 17.7. The molecule has 0 aromatic heterocycles. The summed E-state index contributed by atoms with van der Waals surface area (Å²) in [7, 11) is 0. The number of anilines is 1. The minimum Gasteiger partial charge on any atom is -0.465 e. The van der Waals surface area contributed by atoms with Crippen LogP contribution >= 0.6 is 0 Å². The zero-order chi connectivity index (χ0) is 31.2. The topological polar surface area (TPSA) is 119 Å². The first-order valence-electron chi connectivity index (χ1n) is 13.8. The number of carbonyl (C=O) groups excluding carboxylic acids is 3. The predicted molar refractivity (Wildman–Crippen MR) is 151 cm³/mol. The van der Waals surface area contributed by atoms with Crippen molar-refractivity contribution in [2.45, 2.75) is 77.8 Å². The molecule has 3 rings (SSSR count). The Kier molecular flexibility index (Phi) is 10.2. The van der Waals surface area contributed by atoms with Gasteiger partial charge in [0.1, 0.15) is 12.2 Å². The first-order chi connectivity index (χ1) is 19.6. The van der Waals surface area contributed by atoms with E-state index in [1.54, 1.807) is 31.2 Å². The molecule has 3 N–H and O–H groups in total. The third-order valence-electron chi connectivity index (χ3n) is 7.30. The minimum atomic E-state index is -4.54. The molecule has 1 aliphatic rings. The third-order valence-corrected chi connectivity index (χ3v) is 7.30. The Morgan fingerprint density at radius 2 is 1.69 bits per heavy atom. The van der Waals surface area contributed by atoms with Gasteiger partial charge < -0.3 is 20.6 Å². The molecule has 1 heterocycles. The molecule has 3 atom stereocenters. The molecule has 2 aromatic carbocycles. The van der Waals surface area contributed by atoms with Gasteiger partial charge in [-0.25, -0.2) is 9.59 Å². The maximum absolute atomic E-state index is 13.5. The number of benzene rings is 2. The van der Waals surface area contributed by atoms with Crippen LogP contribution in [-0.2, 0) is 15.8 Å². The fraction of sp³-hybridized carbons (Fsp3) is 0.467. The summed E-state index contributed by atoms with van der Waals surface area (Å²) in [5.41, 5.74) is -0.582. The standard InChI is InChI=1S/C30H37F3N4O5/c1-5-6-12-23(25(38)26(39)34-19(2)20-10-8-7-9-11-20)37(28(41)42)24-17-29(3,4)18-36(24)27(40)35-22-15-13-21(14-16-22)30(31,32)33/h7-11,13-16,19,23-24H,5-6,12,17-18H2,1-4H3,(H,34,39)(H,35,40)(H,41,42)/t19?,23-,24?/m0/s1. The molecular weight excluding hydrogens is 553 g/mol. The summed E-state index contributed by atoms with van der Waals surface area (Å²) in [6.45, 7) is 7.36. The van der Waals surface area contributed by atoms with Crippen molar-refractivity contribution in [1.82, 2.24) is 15.1 Å². The quantitative estimate of drug-likeness (QED) is 0.282. The van der Waals surface area contributed by atoms with Gasteiger partial charge in [-0.1, -0.05) is 63.9 Å². The van der Waals surface area contributed by atoms with Crippen molar-refractivity contribution in [2.75, 3.05) is 11.9 Å². The number of alkyl halides is 3. The number of halogens is 3. The molecule has 0 saturated carbocycles. The van der Waals surface area contributed by atoms with E-state index in [2.05, 4.69) is 10.6 Å². The molecule has 0 radical (unpaired) electrons. The van der Waals surface area contributed by atoms with Crippen LogP contribution in [0.3, 0.4) is 0 Å². The third kappa shape index (κ3) is 8.01. The lowest BCUT2D eigenvalue weighted by molar-refractivity contribution is -0.142. The zero-order valence-electron chi connectivity index (χ0n) is 24.1. The molecule has 0 spiro atoms. The van der Waals surface area contributed by atoms with E-state index in [4.69, 9.17) is 0 Å². The van der Waals surface area contributed by atoms with Crippen molar-refractivity contribution in [1.29, 1.82) is 0 Å². The molecule has 2 aromatic rings. The molecule has 1 fully saturated rings. The fourth-order valence-corrected chi connectivity index (χ4v) is 5.14. The summed E-state index contributed by atoms with van der Waals surface area (Å²) in [5, 5.41) is 15.5. The van der Waals surface area contributed by atoms with Crippen molar-refractivity contribution >= 4 is 29.5 Å². The van der Waals surface area contributed by atoms with Crippen molar-refractivity contribution in [3.63, 3.8) is 0 Å². The van der Waals surface area contributed by atoms with Crippen LogP contribution in [0.1, 0.15) is 70.5 Å². The van der Waals surface area contributed by atoms with Crippen LogP contribution in [-0.4, -0.2) is 57.5 Å². The largest absolute Gasteiger partial charge is 0.465 e. The van der Waals surface area contributed by atoms with Crippen LogP contribution in [0, 0.1) is 5.41 Å². The number of urea groups is 1. The molecule has 9 nitrogen and oxygen atoms in total. The van der Waals surface area contributed by atoms with Crippen molar-refractivity contribution in [3.8, 4) is 0 Å². The van der Waals surface area contributed by atoms with Gasteiger partial charge in [0.25, 0.3) is 5.91 Å². The molecular formula is C30H37F3N4O5. The molecule has 0 bridgehead atoms. The van der Waals surface area contributed by atoms with Gasteiger partial charge in [0.2, 0.25) is 5.78 Å². The van der Waals surface area contributed by atoms with Crippen LogP contribution in [0.15, 0.2) is 54.6 Å². The fourth-order valence-electron chi connectivity index (χ4n) is 5.14. The van der Waals surface area contributed by atoms with E-state index in [1.807, 2.05) is 26.8 Å². The lowest BCUT2D eigenvalue weighted by Gasteiger charge is -2.37. The highest BCUT2D eigenvalue weighted by molar-refractivity contribution is 6.38. The van der Waals surface area contributed by atoms with E-state index in [-0.39, 0.29) is 25.1 Å². The van der Waals surface area contributed by atoms with Gasteiger partial charge in [0.15, 0.2) is 0 Å². The van der Waals surface area contributed by atoms with Gasteiger partial charge in [0.05, 0.1) is 11.6 Å². The second kappa shape index (κ2) is 13.3. The molecule has 12 heteroatoms. The van der Waals surface area contributed by atoms with Gasteiger partial charge in [-0.15, -0.1) is 0 Å². The average molecular weight is 591 g/mol. The van der Waals surface area contributed by atoms with E-state index in [9.17, 15) is 37.5 Å². The summed E-state index contributed by atoms with van der Waals surface area (Å²) >= 11 is 0. The maximum atomic E-state index is 13.5. The number of carbonyl (C=O) groups is 4. The van der Waals surface area contributed by atoms with Gasteiger partial charge in [-0.3, -0.25) is 14.5 Å². The maximum Gasteiger partial charge on any atom is 0.416 e. The van der Waals surface area contributed by atoms with E-state index in [0.717, 1.165) is 34.7 Å². The Hall–Kier alpha value is -4.09. The Morgan fingerprint density at radius 1 is 1.07 bits per heavy atom. The Balaban J connectivity index is 1.88. The molecule has 1 aliphatic heterocycles. The molecule has 1 saturated heterocycles. The summed E-state index contributed by atoms with van der Waals surface area (Å²) in [5.74, 6) is -1.86. The Morgan fingerprint density at radius 3 is 2.24 bits per heavy atom. The first kappa shape index (κ1) is 32.4. The van der Waals surface area contributed by atoms with Crippen LogP contribution in [0.25, 0.3) is 0 Å². The number of ketones is 1. The lowest BCUT2D eigenvalue weighted by Crippen LogP contribution is -2.58. The molecule has 42 heavy (non-hydrogen) atoms. The second-order valence-corrected chi connectivity index (χ2v) is 11.3. The van der Waals surface area contributed by atoms with Crippen LogP contribution in [0.2, 0.25) is 0 Å². The highest BCUT2D eigenvalue weighted by Crippen LogP contribution is 2.38. The van der Waals surface area contributed by atoms with Gasteiger partial charge >= 0.3 is 18.3 Å². The number of unbranched alkanes of at least 4 members (excludes halogenated alkanes) is 1. The SMILES string of the molecule is CCCC[C@@H](C(=O)C(=O)NC(C)c1ccccc1)N(C(=O)O)C1CC(C)(C)CN1C(=O)Nc1ccc(C(F)(F)F)cc1. The number of Topliss-reactive ketones (excluding diaryl/α,β-unsaturated/α-hetero) is 1. The number of amides is 4. The van der Waals surface area contributed by atoms with Crippen molar-refractivity contribution in [2.24, 2.45) is 5.41 Å². The van der Waals surface area contributed by atoms with Crippen molar-refractivity contribution in [3.05, 3.63) is 65.7 Å². The molecule has 228 valence electrons. The minimum absolute atomic E-state index is 0.0695. The molecule has 0 aliphatic carbocycles. The van der Waals surface area contributed by atoms with E-state index in [0.29, 0.717) is 12.8 Å². The van der Waals surface area contributed by atoms with Gasteiger partial charge in [0, 0.05) is 12.2 Å². The van der Waals surface area contributed by atoms with E-state index in [1.165, 1.54) is 4.90 Å². The Labute approximate surface area is 243 Å². The van der Waals surface area contributed by atoms with Crippen molar-refractivity contribution < 1.29 is 37.5 Å². The van der Waals surface area contributed by atoms with Gasteiger partial charge in [-0.05, 0) is 55.0 Å². The van der Waals surface area contributed by atoms with Crippen LogP contribution in [0.4, 0.5) is 28.4 Å². The van der Waals surface area contributed by atoms with E-state index >= 15 is 0 Å². The van der Waals surface area contributed by atoms with Crippen LogP contribution < -0.4 is 10.6 Å². The number of rotatable bonds is 10. The number of nitrogens with one attached hydrogen (secondary N) is 2. The molecule has 2 unspecified atom stereocenters. The van der Waals surface area contributed by atoms with E-state index < -0.39 is 59.2 Å². The monoisotopic (exact) mass is 590 g/mol. The second-order valence-electron chi connectivity index (χ2n) is 11.3. The first-order valence-corrected chi connectivity index (χ1v) is 13.8. The number of likely N-dealkylation sites (tertiary alicyclic amines) is 1. The molecule has 4 amide bonds. The highest BCUT2D eigenvalue weighted by atomic mass is 19.4. The number of hydrogen-bond acceptors (Lipinski definition) is 4. The highest BCUT2D eigenvalue weighted by Gasteiger charge is 2.48. The number of hydrogen-bond donors (Lipinski definition) is 3. The summed E-state index contributed by atoms with van der Waals surface area (Å²) in [4.78, 5) is 54.8. The zero-order valence-corrected chi connectivity index (χ0v) is 24.1. The Bertz CT molecular complexity index is 1270. The lowest BCUT2D eigenvalue weighted by atomic mass is 9.91. The predicted octanol–water partition coefficient (Wildman–Crippen LogP) is 6.28. The number of nitrogens with zero attached hydrogens (tertiary/aromatic N) is 2. The summed E-state index contributed by atoms with van der Waals surface area (Å²) in [6.07, 6.45) is -5.78. The average Bonchev–Trinajstić information content (AvgIpc) is 3.25. The smallest absolute Gasteiger partial charge is 0.416 e.